The number of aromatic nitrogens is 3. The molecule has 6 nitrogen and oxygen atoms in total. The number of rotatable bonds is 2. The van der Waals surface area contributed by atoms with Gasteiger partial charge in [-0.2, -0.15) is 0 Å². The molecule has 0 saturated carbocycles. The minimum Gasteiger partial charge on any atom is -0.370 e. The summed E-state index contributed by atoms with van der Waals surface area (Å²) < 4.78 is 1.71. The number of hydrogen-bond donors (Lipinski definition) is 2. The number of nitrogens with zero attached hydrogens (tertiary/aromatic N) is 4. The monoisotopic (exact) mass is 324 g/mol. The smallest absolute Gasteiger partial charge is 0.189 e. The molecular formula is C13H14Cl2N6. The van der Waals surface area contributed by atoms with Crippen molar-refractivity contribution in [2.75, 3.05) is 6.54 Å². The van der Waals surface area contributed by atoms with Gasteiger partial charge >= 0.3 is 0 Å². The fourth-order valence-corrected chi connectivity index (χ4v) is 2.85. The molecule has 21 heavy (non-hydrogen) atoms. The van der Waals surface area contributed by atoms with E-state index in [9.17, 15) is 0 Å². The van der Waals surface area contributed by atoms with Crippen molar-refractivity contribution in [3.05, 3.63) is 39.6 Å². The van der Waals surface area contributed by atoms with Gasteiger partial charge in [-0.15, -0.1) is 5.10 Å². The summed E-state index contributed by atoms with van der Waals surface area (Å²) in [4.78, 5) is 4.12. The molecule has 3 rings (SSSR count). The zero-order chi connectivity index (χ0) is 15.0. The van der Waals surface area contributed by atoms with Gasteiger partial charge < -0.3 is 11.1 Å². The van der Waals surface area contributed by atoms with Crippen molar-refractivity contribution in [2.24, 2.45) is 10.7 Å². The predicted molar refractivity (Wildman–Crippen MR) is 83.1 cm³/mol. The van der Waals surface area contributed by atoms with E-state index in [4.69, 9.17) is 28.9 Å². The first-order valence-electron chi connectivity index (χ1n) is 6.50. The molecule has 0 bridgehead atoms. The SMILES string of the molecule is Cc1c(C2CCN=C(N)N2)nnn1-c1ccc(Cl)cc1Cl. The Labute approximate surface area is 131 Å². The summed E-state index contributed by atoms with van der Waals surface area (Å²) in [5.74, 6) is 0.435. The van der Waals surface area contributed by atoms with E-state index >= 15 is 0 Å². The first-order valence-corrected chi connectivity index (χ1v) is 7.26. The molecule has 0 saturated heterocycles. The summed E-state index contributed by atoms with van der Waals surface area (Å²) in [5.41, 5.74) is 8.22. The predicted octanol–water partition coefficient (Wildman–Crippen LogP) is 2.23. The third-order valence-corrected chi connectivity index (χ3v) is 3.96. The molecule has 0 spiro atoms. The van der Waals surface area contributed by atoms with Crippen LogP contribution in [0, 0.1) is 6.92 Å². The number of hydrogen-bond acceptors (Lipinski definition) is 5. The molecule has 2 heterocycles. The Balaban J connectivity index is 1.97. The van der Waals surface area contributed by atoms with Crippen LogP contribution in [0.2, 0.25) is 10.0 Å². The lowest BCUT2D eigenvalue weighted by Gasteiger charge is -2.21. The van der Waals surface area contributed by atoms with Gasteiger partial charge in [0, 0.05) is 11.6 Å². The van der Waals surface area contributed by atoms with Crippen molar-refractivity contribution in [3.63, 3.8) is 0 Å². The van der Waals surface area contributed by atoms with Crippen LogP contribution in [0.15, 0.2) is 23.2 Å². The van der Waals surface area contributed by atoms with Gasteiger partial charge in [0.1, 0.15) is 5.69 Å². The summed E-state index contributed by atoms with van der Waals surface area (Å²) in [7, 11) is 0. The van der Waals surface area contributed by atoms with E-state index in [1.54, 1.807) is 16.8 Å². The number of aliphatic imine (C=N–C) groups is 1. The summed E-state index contributed by atoms with van der Waals surface area (Å²) in [6.07, 6.45) is 0.828. The summed E-state index contributed by atoms with van der Waals surface area (Å²) in [6, 6.07) is 5.29. The molecule has 1 atom stereocenters. The second-order valence-corrected chi connectivity index (χ2v) is 5.66. The maximum atomic E-state index is 6.23. The van der Waals surface area contributed by atoms with Gasteiger partial charge in [-0.1, -0.05) is 28.4 Å². The molecule has 0 fully saturated rings. The summed E-state index contributed by atoms with van der Waals surface area (Å²) >= 11 is 12.1. The van der Waals surface area contributed by atoms with E-state index < -0.39 is 0 Å². The van der Waals surface area contributed by atoms with E-state index in [0.717, 1.165) is 23.5 Å². The molecule has 2 aromatic rings. The molecule has 8 heteroatoms. The molecule has 1 unspecified atom stereocenters. The normalized spacial score (nSPS) is 18.2. The first-order chi connectivity index (χ1) is 10.1. The number of benzene rings is 1. The van der Waals surface area contributed by atoms with Crippen LogP contribution in [0.5, 0.6) is 0 Å². The molecular weight excluding hydrogens is 311 g/mol. The Morgan fingerprint density at radius 2 is 2.19 bits per heavy atom. The van der Waals surface area contributed by atoms with Crippen molar-refractivity contribution in [1.82, 2.24) is 20.3 Å². The van der Waals surface area contributed by atoms with Gasteiger partial charge in [0.25, 0.3) is 0 Å². The number of halogens is 2. The highest BCUT2D eigenvalue weighted by Crippen LogP contribution is 2.27. The van der Waals surface area contributed by atoms with E-state index in [2.05, 4.69) is 20.6 Å². The van der Waals surface area contributed by atoms with Crippen LogP contribution in [-0.4, -0.2) is 27.5 Å². The third-order valence-electron chi connectivity index (χ3n) is 3.42. The highest BCUT2D eigenvalue weighted by atomic mass is 35.5. The Bertz CT molecular complexity index is 709. The van der Waals surface area contributed by atoms with Gasteiger partial charge in [-0.25, -0.2) is 4.68 Å². The molecule has 0 amide bonds. The molecule has 110 valence electrons. The Hall–Kier alpha value is -1.79. The van der Waals surface area contributed by atoms with Gasteiger partial charge in [-0.05, 0) is 31.5 Å². The van der Waals surface area contributed by atoms with Crippen LogP contribution < -0.4 is 11.1 Å². The van der Waals surface area contributed by atoms with E-state index in [0.29, 0.717) is 22.5 Å². The Morgan fingerprint density at radius 3 is 2.90 bits per heavy atom. The maximum absolute atomic E-state index is 6.23. The quantitative estimate of drug-likeness (QED) is 0.887. The second kappa shape index (κ2) is 5.54. The van der Waals surface area contributed by atoms with E-state index in [1.165, 1.54) is 0 Å². The molecule has 1 aromatic heterocycles. The fourth-order valence-electron chi connectivity index (χ4n) is 2.36. The first kappa shape index (κ1) is 14.2. The third kappa shape index (κ3) is 2.69. The summed E-state index contributed by atoms with van der Waals surface area (Å²) in [6.45, 7) is 2.63. The summed E-state index contributed by atoms with van der Waals surface area (Å²) in [5, 5.41) is 12.7. The highest BCUT2D eigenvalue weighted by Gasteiger charge is 2.23. The Morgan fingerprint density at radius 1 is 1.38 bits per heavy atom. The topological polar surface area (TPSA) is 81.1 Å². The van der Waals surface area contributed by atoms with Crippen LogP contribution in [-0.2, 0) is 0 Å². The molecule has 1 aromatic carbocycles. The lowest BCUT2D eigenvalue weighted by Crippen LogP contribution is -2.39. The fraction of sp³-hybridized carbons (Fsp3) is 0.308. The van der Waals surface area contributed by atoms with Crippen molar-refractivity contribution < 1.29 is 0 Å². The van der Waals surface area contributed by atoms with Crippen LogP contribution in [0.25, 0.3) is 5.69 Å². The zero-order valence-electron chi connectivity index (χ0n) is 11.3. The molecule has 1 aliphatic rings. The second-order valence-electron chi connectivity index (χ2n) is 4.82. The van der Waals surface area contributed by atoms with Crippen LogP contribution in [0.3, 0.4) is 0 Å². The minimum atomic E-state index is 0.0160. The molecule has 1 aliphatic heterocycles. The van der Waals surface area contributed by atoms with E-state index in [1.807, 2.05) is 13.0 Å². The van der Waals surface area contributed by atoms with Gasteiger partial charge in [-0.3, -0.25) is 4.99 Å². The molecule has 3 N–H and O–H groups in total. The lowest BCUT2D eigenvalue weighted by molar-refractivity contribution is 0.551. The van der Waals surface area contributed by atoms with Crippen LogP contribution >= 0.6 is 23.2 Å². The van der Waals surface area contributed by atoms with Crippen molar-refractivity contribution in [2.45, 2.75) is 19.4 Å². The van der Waals surface area contributed by atoms with Crippen LogP contribution in [0.1, 0.15) is 23.9 Å². The average molecular weight is 325 g/mol. The average Bonchev–Trinajstić information content (AvgIpc) is 2.81. The minimum absolute atomic E-state index is 0.0160. The van der Waals surface area contributed by atoms with Crippen LogP contribution in [0.4, 0.5) is 0 Å². The largest absolute Gasteiger partial charge is 0.370 e. The molecule has 0 aliphatic carbocycles. The lowest BCUT2D eigenvalue weighted by atomic mass is 10.1. The van der Waals surface area contributed by atoms with Gasteiger partial charge in [0.05, 0.1) is 22.4 Å². The van der Waals surface area contributed by atoms with Gasteiger partial charge in [0.15, 0.2) is 5.96 Å². The zero-order valence-corrected chi connectivity index (χ0v) is 12.9. The number of guanidine groups is 1. The van der Waals surface area contributed by atoms with Crippen molar-refractivity contribution in [3.8, 4) is 5.69 Å². The standard InChI is InChI=1S/C13H14Cl2N6/c1-7-12(10-4-5-17-13(16)18-10)19-20-21(7)11-3-2-8(14)6-9(11)15/h2-3,6,10H,4-5H2,1H3,(H3,16,17,18). The van der Waals surface area contributed by atoms with Crippen molar-refractivity contribution in [1.29, 1.82) is 0 Å². The molecule has 0 radical (unpaired) electrons. The highest BCUT2D eigenvalue weighted by molar-refractivity contribution is 6.35. The maximum Gasteiger partial charge on any atom is 0.189 e. The number of nitrogens with one attached hydrogen (secondary N) is 1. The number of nitrogens with two attached hydrogens (primary N) is 1. The van der Waals surface area contributed by atoms with E-state index in [-0.39, 0.29) is 6.04 Å². The van der Waals surface area contributed by atoms with Gasteiger partial charge in [0.2, 0.25) is 0 Å². The van der Waals surface area contributed by atoms with Crippen molar-refractivity contribution >= 4 is 29.2 Å². The Kier molecular flexibility index (Phi) is 3.73.